The SMILES string of the molecule is CCC(C(=O)NCC(C)C)N(Cc1ccc(C)cc1)C(=O)CN(c1ccccc1)S(C)(=O)=O. The van der Waals surface area contributed by atoms with E-state index in [1.807, 2.05) is 52.0 Å². The van der Waals surface area contributed by atoms with Crippen LogP contribution in [-0.4, -0.2) is 50.5 Å². The first-order valence-electron chi connectivity index (χ1n) is 11.2. The van der Waals surface area contributed by atoms with Crippen LogP contribution in [0.2, 0.25) is 0 Å². The normalized spacial score (nSPS) is 12.3. The molecule has 0 saturated carbocycles. The van der Waals surface area contributed by atoms with Crippen molar-refractivity contribution in [2.24, 2.45) is 5.92 Å². The summed E-state index contributed by atoms with van der Waals surface area (Å²) in [5.74, 6) is -0.403. The van der Waals surface area contributed by atoms with Crippen molar-refractivity contribution in [2.45, 2.75) is 46.7 Å². The highest BCUT2D eigenvalue weighted by Crippen LogP contribution is 2.19. The summed E-state index contributed by atoms with van der Waals surface area (Å²) in [7, 11) is -3.71. The molecule has 33 heavy (non-hydrogen) atoms. The molecule has 0 aliphatic heterocycles. The lowest BCUT2D eigenvalue weighted by molar-refractivity contribution is -0.140. The van der Waals surface area contributed by atoms with Crippen molar-refractivity contribution in [1.82, 2.24) is 10.2 Å². The molecule has 2 aromatic carbocycles. The number of hydrogen-bond acceptors (Lipinski definition) is 4. The number of anilines is 1. The van der Waals surface area contributed by atoms with E-state index in [9.17, 15) is 18.0 Å². The molecule has 2 rings (SSSR count). The van der Waals surface area contributed by atoms with Crippen molar-refractivity contribution in [2.75, 3.05) is 23.7 Å². The highest BCUT2D eigenvalue weighted by molar-refractivity contribution is 7.92. The van der Waals surface area contributed by atoms with Crippen molar-refractivity contribution in [3.63, 3.8) is 0 Å². The third-order valence-corrected chi connectivity index (χ3v) is 6.41. The van der Waals surface area contributed by atoms with Crippen molar-refractivity contribution in [3.8, 4) is 0 Å². The lowest BCUT2D eigenvalue weighted by atomic mass is 10.1. The van der Waals surface area contributed by atoms with Crippen LogP contribution in [0.4, 0.5) is 5.69 Å². The van der Waals surface area contributed by atoms with E-state index >= 15 is 0 Å². The molecule has 7 nitrogen and oxygen atoms in total. The van der Waals surface area contributed by atoms with Crippen molar-refractivity contribution < 1.29 is 18.0 Å². The number of hydrogen-bond donors (Lipinski definition) is 1. The third kappa shape index (κ3) is 7.89. The van der Waals surface area contributed by atoms with Gasteiger partial charge in [-0.15, -0.1) is 0 Å². The number of para-hydroxylation sites is 1. The Hall–Kier alpha value is -2.87. The Labute approximate surface area is 197 Å². The average Bonchev–Trinajstić information content (AvgIpc) is 2.76. The smallest absolute Gasteiger partial charge is 0.244 e. The van der Waals surface area contributed by atoms with Gasteiger partial charge >= 0.3 is 0 Å². The number of nitrogens with one attached hydrogen (secondary N) is 1. The number of rotatable bonds is 11. The topological polar surface area (TPSA) is 86.8 Å². The van der Waals surface area contributed by atoms with Crippen molar-refractivity contribution in [3.05, 3.63) is 65.7 Å². The minimum absolute atomic E-state index is 0.207. The Morgan fingerprint density at radius 1 is 1.00 bits per heavy atom. The minimum atomic E-state index is -3.71. The fourth-order valence-electron chi connectivity index (χ4n) is 3.44. The molecular formula is C25H35N3O4S. The molecule has 0 spiro atoms. The monoisotopic (exact) mass is 473 g/mol. The second-order valence-electron chi connectivity index (χ2n) is 8.68. The van der Waals surface area contributed by atoms with Gasteiger partial charge in [-0.2, -0.15) is 0 Å². The molecule has 0 fully saturated rings. The van der Waals surface area contributed by atoms with Gasteiger partial charge in [0.25, 0.3) is 0 Å². The molecule has 1 N–H and O–H groups in total. The number of aryl methyl sites for hydroxylation is 1. The molecule has 8 heteroatoms. The Morgan fingerprint density at radius 3 is 2.12 bits per heavy atom. The number of carbonyl (C=O) groups excluding carboxylic acids is 2. The summed E-state index contributed by atoms with van der Waals surface area (Å²) in [5, 5.41) is 2.91. The standard InChI is InChI=1S/C25H35N3O4S/c1-6-23(25(30)26-16-19(2)3)27(17-21-14-12-20(4)13-15-21)24(29)18-28(33(5,31)32)22-10-8-7-9-11-22/h7-15,19,23H,6,16-18H2,1-5H3,(H,26,30). The molecule has 0 heterocycles. The van der Waals surface area contributed by atoms with E-state index in [2.05, 4.69) is 5.32 Å². The van der Waals surface area contributed by atoms with Gasteiger partial charge in [-0.05, 0) is 37.0 Å². The fraction of sp³-hybridized carbons (Fsp3) is 0.440. The summed E-state index contributed by atoms with van der Waals surface area (Å²) in [4.78, 5) is 28.0. The lowest BCUT2D eigenvalue weighted by Crippen LogP contribution is -2.52. The minimum Gasteiger partial charge on any atom is -0.354 e. The molecule has 1 atom stereocenters. The number of carbonyl (C=O) groups is 2. The van der Waals surface area contributed by atoms with Crippen LogP contribution in [0.15, 0.2) is 54.6 Å². The molecule has 0 aromatic heterocycles. The Balaban J connectivity index is 2.38. The van der Waals surface area contributed by atoms with Crippen LogP contribution < -0.4 is 9.62 Å². The van der Waals surface area contributed by atoms with Crippen LogP contribution in [-0.2, 0) is 26.2 Å². The van der Waals surface area contributed by atoms with E-state index in [-0.39, 0.29) is 24.9 Å². The summed E-state index contributed by atoms with van der Waals surface area (Å²) in [6, 6.07) is 15.5. The average molecular weight is 474 g/mol. The molecule has 180 valence electrons. The Morgan fingerprint density at radius 2 is 1.61 bits per heavy atom. The lowest BCUT2D eigenvalue weighted by Gasteiger charge is -2.33. The highest BCUT2D eigenvalue weighted by atomic mass is 32.2. The molecule has 0 bridgehead atoms. The molecular weight excluding hydrogens is 438 g/mol. The van der Waals surface area contributed by atoms with Crippen molar-refractivity contribution >= 4 is 27.5 Å². The van der Waals surface area contributed by atoms with E-state index in [4.69, 9.17) is 0 Å². The predicted molar refractivity (Wildman–Crippen MR) is 132 cm³/mol. The van der Waals surface area contributed by atoms with Gasteiger partial charge in [0.1, 0.15) is 12.6 Å². The maximum Gasteiger partial charge on any atom is 0.244 e. The molecule has 2 amide bonds. The summed E-state index contributed by atoms with van der Waals surface area (Å²) >= 11 is 0. The van der Waals surface area contributed by atoms with E-state index in [0.29, 0.717) is 18.7 Å². The second-order valence-corrected chi connectivity index (χ2v) is 10.6. The maximum atomic E-state index is 13.5. The summed E-state index contributed by atoms with van der Waals surface area (Å²) in [5.41, 5.74) is 2.36. The number of sulfonamides is 1. The molecule has 0 radical (unpaired) electrons. The summed E-state index contributed by atoms with van der Waals surface area (Å²) in [6.07, 6.45) is 1.48. The number of nitrogens with zero attached hydrogens (tertiary/aromatic N) is 2. The van der Waals surface area contributed by atoms with Gasteiger partial charge in [-0.1, -0.05) is 68.8 Å². The van der Waals surface area contributed by atoms with Crippen LogP contribution in [0.3, 0.4) is 0 Å². The zero-order valence-corrected chi connectivity index (χ0v) is 20.9. The molecule has 0 aliphatic rings. The van der Waals surface area contributed by atoms with Gasteiger partial charge in [0, 0.05) is 13.1 Å². The van der Waals surface area contributed by atoms with Crippen LogP contribution in [0.5, 0.6) is 0 Å². The first-order valence-corrected chi connectivity index (χ1v) is 13.0. The molecule has 1 unspecified atom stereocenters. The van der Waals surface area contributed by atoms with Crippen LogP contribution in [0.25, 0.3) is 0 Å². The van der Waals surface area contributed by atoms with Crippen LogP contribution in [0, 0.1) is 12.8 Å². The van der Waals surface area contributed by atoms with Gasteiger partial charge in [-0.3, -0.25) is 13.9 Å². The highest BCUT2D eigenvalue weighted by Gasteiger charge is 2.31. The molecule has 0 saturated heterocycles. The van der Waals surface area contributed by atoms with E-state index in [1.165, 1.54) is 4.90 Å². The summed E-state index contributed by atoms with van der Waals surface area (Å²) < 4.78 is 26.1. The van der Waals surface area contributed by atoms with E-state index in [0.717, 1.165) is 21.7 Å². The van der Waals surface area contributed by atoms with Gasteiger partial charge < -0.3 is 10.2 Å². The zero-order chi connectivity index (χ0) is 24.6. The quantitative estimate of drug-likeness (QED) is 0.542. The van der Waals surface area contributed by atoms with Gasteiger partial charge in [0.2, 0.25) is 21.8 Å². The van der Waals surface area contributed by atoms with Gasteiger partial charge in [0.15, 0.2) is 0 Å². The first-order chi connectivity index (χ1) is 15.5. The van der Waals surface area contributed by atoms with Gasteiger partial charge in [-0.25, -0.2) is 8.42 Å². The Kier molecular flexibility index (Phi) is 9.46. The largest absolute Gasteiger partial charge is 0.354 e. The maximum absolute atomic E-state index is 13.5. The van der Waals surface area contributed by atoms with Gasteiger partial charge in [0.05, 0.1) is 11.9 Å². The number of benzene rings is 2. The molecule has 0 aliphatic carbocycles. The zero-order valence-electron chi connectivity index (χ0n) is 20.1. The first kappa shape index (κ1) is 26.4. The van der Waals surface area contributed by atoms with E-state index < -0.39 is 22.0 Å². The number of amides is 2. The summed E-state index contributed by atoms with van der Waals surface area (Å²) in [6.45, 7) is 8.15. The second kappa shape index (κ2) is 11.8. The van der Waals surface area contributed by atoms with Crippen LogP contribution in [0.1, 0.15) is 38.3 Å². The Bertz CT molecular complexity index is 1020. The van der Waals surface area contributed by atoms with E-state index in [1.54, 1.807) is 30.3 Å². The fourth-order valence-corrected chi connectivity index (χ4v) is 4.29. The third-order valence-electron chi connectivity index (χ3n) is 5.27. The van der Waals surface area contributed by atoms with Crippen molar-refractivity contribution in [1.29, 1.82) is 0 Å². The molecule has 2 aromatic rings. The van der Waals surface area contributed by atoms with Crippen LogP contribution >= 0.6 is 0 Å². The predicted octanol–water partition coefficient (Wildman–Crippen LogP) is 3.34.